The fourth-order valence-corrected chi connectivity index (χ4v) is 4.02. The molecule has 1 aliphatic carbocycles. The van der Waals surface area contributed by atoms with Crippen molar-refractivity contribution in [1.82, 2.24) is 0 Å². The molecular weight excluding hydrogens is 260 g/mol. The second kappa shape index (κ2) is 6.69. The van der Waals surface area contributed by atoms with E-state index in [1.54, 1.807) is 7.11 Å². The summed E-state index contributed by atoms with van der Waals surface area (Å²) in [6, 6.07) is 8.85. The number of benzene rings is 1. The molecule has 116 valence electrons. The fourth-order valence-electron chi connectivity index (χ4n) is 4.02. The highest BCUT2D eigenvalue weighted by molar-refractivity contribution is 5.49. The highest BCUT2D eigenvalue weighted by Gasteiger charge is 2.28. The maximum absolute atomic E-state index is 6.45. The van der Waals surface area contributed by atoms with Gasteiger partial charge in [-0.25, -0.2) is 0 Å². The molecule has 0 bridgehead atoms. The van der Waals surface area contributed by atoms with Gasteiger partial charge < -0.3 is 15.4 Å². The van der Waals surface area contributed by atoms with Crippen LogP contribution in [0.3, 0.4) is 0 Å². The van der Waals surface area contributed by atoms with Crippen LogP contribution in [0, 0.1) is 11.8 Å². The van der Waals surface area contributed by atoms with E-state index in [0.717, 1.165) is 30.7 Å². The number of ether oxygens (including phenoxy) is 1. The predicted molar refractivity (Wildman–Crippen MR) is 87.9 cm³/mol. The number of rotatable bonds is 5. The molecule has 3 rings (SSSR count). The average molecular weight is 288 g/mol. The Morgan fingerprint density at radius 1 is 1.19 bits per heavy atom. The molecule has 2 atom stereocenters. The van der Waals surface area contributed by atoms with Crippen LogP contribution < -0.4 is 15.4 Å². The lowest BCUT2D eigenvalue weighted by Crippen LogP contribution is -2.31. The van der Waals surface area contributed by atoms with E-state index in [2.05, 4.69) is 17.0 Å². The molecule has 21 heavy (non-hydrogen) atoms. The number of anilines is 1. The van der Waals surface area contributed by atoms with Crippen molar-refractivity contribution in [3.63, 3.8) is 0 Å². The molecule has 2 fully saturated rings. The van der Waals surface area contributed by atoms with Crippen LogP contribution in [0.15, 0.2) is 24.3 Å². The van der Waals surface area contributed by atoms with Gasteiger partial charge >= 0.3 is 0 Å². The van der Waals surface area contributed by atoms with E-state index in [0.29, 0.717) is 6.04 Å². The van der Waals surface area contributed by atoms with Crippen molar-refractivity contribution in [2.24, 2.45) is 17.6 Å². The smallest absolute Gasteiger partial charge is 0.119 e. The van der Waals surface area contributed by atoms with Gasteiger partial charge in [-0.05, 0) is 61.8 Å². The Hall–Kier alpha value is -1.22. The zero-order chi connectivity index (χ0) is 14.7. The molecule has 0 radical (unpaired) electrons. The van der Waals surface area contributed by atoms with E-state index in [9.17, 15) is 0 Å². The molecule has 1 saturated heterocycles. The minimum atomic E-state index is 0.424. The summed E-state index contributed by atoms with van der Waals surface area (Å²) in [7, 11) is 1.71. The first-order chi connectivity index (χ1) is 10.3. The Balaban J connectivity index is 1.52. The van der Waals surface area contributed by atoms with E-state index < -0.39 is 0 Å². The van der Waals surface area contributed by atoms with E-state index in [1.165, 1.54) is 44.2 Å². The van der Waals surface area contributed by atoms with Gasteiger partial charge in [0.1, 0.15) is 5.75 Å². The number of nitrogens with two attached hydrogens (primary N) is 1. The molecule has 0 aromatic heterocycles. The molecule has 2 unspecified atom stereocenters. The van der Waals surface area contributed by atoms with Crippen LogP contribution in [0.1, 0.15) is 38.5 Å². The van der Waals surface area contributed by atoms with Crippen LogP contribution in [0.2, 0.25) is 0 Å². The quantitative estimate of drug-likeness (QED) is 0.902. The van der Waals surface area contributed by atoms with Crippen LogP contribution in [-0.4, -0.2) is 26.2 Å². The van der Waals surface area contributed by atoms with Gasteiger partial charge in [0, 0.05) is 24.8 Å². The molecule has 3 heteroatoms. The molecule has 1 aromatic rings. The molecule has 2 aliphatic rings. The van der Waals surface area contributed by atoms with Crippen LogP contribution in [0.4, 0.5) is 5.69 Å². The topological polar surface area (TPSA) is 38.5 Å². The first-order valence-electron chi connectivity index (χ1n) is 8.41. The molecule has 3 nitrogen and oxygen atoms in total. The summed E-state index contributed by atoms with van der Waals surface area (Å²) in [6.07, 6.45) is 7.98. The SMILES string of the molecule is COc1ccc(N2CCC(CC(N)C3CCCC3)C2)cc1. The molecule has 0 amide bonds. The van der Waals surface area contributed by atoms with Gasteiger partial charge in [-0.15, -0.1) is 0 Å². The Kier molecular flexibility index (Phi) is 4.69. The Morgan fingerprint density at radius 3 is 2.57 bits per heavy atom. The van der Waals surface area contributed by atoms with Crippen LogP contribution in [-0.2, 0) is 0 Å². The van der Waals surface area contributed by atoms with Crippen molar-refractivity contribution in [1.29, 1.82) is 0 Å². The molecule has 2 N–H and O–H groups in total. The first-order valence-corrected chi connectivity index (χ1v) is 8.41. The van der Waals surface area contributed by atoms with Crippen molar-refractivity contribution in [3.8, 4) is 5.75 Å². The van der Waals surface area contributed by atoms with Gasteiger partial charge in [0.05, 0.1) is 7.11 Å². The van der Waals surface area contributed by atoms with Crippen molar-refractivity contribution in [2.45, 2.75) is 44.6 Å². The zero-order valence-corrected chi connectivity index (χ0v) is 13.1. The molecular formula is C18H28N2O. The summed E-state index contributed by atoms with van der Waals surface area (Å²) in [5.41, 5.74) is 7.76. The summed E-state index contributed by atoms with van der Waals surface area (Å²) in [5, 5.41) is 0. The summed E-state index contributed by atoms with van der Waals surface area (Å²) in [6.45, 7) is 2.32. The van der Waals surface area contributed by atoms with Gasteiger partial charge in [0.2, 0.25) is 0 Å². The lowest BCUT2D eigenvalue weighted by atomic mass is 9.89. The van der Waals surface area contributed by atoms with E-state index >= 15 is 0 Å². The minimum Gasteiger partial charge on any atom is -0.497 e. The summed E-state index contributed by atoms with van der Waals surface area (Å²) in [5.74, 6) is 2.49. The van der Waals surface area contributed by atoms with Crippen molar-refractivity contribution in [3.05, 3.63) is 24.3 Å². The van der Waals surface area contributed by atoms with Gasteiger partial charge in [-0.1, -0.05) is 12.8 Å². The highest BCUT2D eigenvalue weighted by Crippen LogP contribution is 2.32. The summed E-state index contributed by atoms with van der Waals surface area (Å²) >= 11 is 0. The third-order valence-corrected chi connectivity index (χ3v) is 5.33. The second-order valence-electron chi connectivity index (χ2n) is 6.74. The van der Waals surface area contributed by atoms with Crippen LogP contribution in [0.5, 0.6) is 5.75 Å². The molecule has 1 saturated carbocycles. The maximum Gasteiger partial charge on any atom is 0.119 e. The van der Waals surface area contributed by atoms with Crippen LogP contribution >= 0.6 is 0 Å². The number of hydrogen-bond acceptors (Lipinski definition) is 3. The Labute approximate surface area is 128 Å². The fraction of sp³-hybridized carbons (Fsp3) is 0.667. The van der Waals surface area contributed by atoms with Gasteiger partial charge in [-0.3, -0.25) is 0 Å². The molecule has 1 aromatic carbocycles. The molecule has 0 spiro atoms. The maximum atomic E-state index is 6.45. The Morgan fingerprint density at radius 2 is 1.90 bits per heavy atom. The molecule has 1 aliphatic heterocycles. The summed E-state index contributed by atoms with van der Waals surface area (Å²) in [4.78, 5) is 2.49. The number of nitrogens with zero attached hydrogens (tertiary/aromatic N) is 1. The number of hydrogen-bond donors (Lipinski definition) is 1. The monoisotopic (exact) mass is 288 g/mol. The molecule has 1 heterocycles. The van der Waals surface area contributed by atoms with Gasteiger partial charge in [-0.2, -0.15) is 0 Å². The average Bonchev–Trinajstić information content (AvgIpc) is 3.19. The third kappa shape index (κ3) is 3.52. The van der Waals surface area contributed by atoms with E-state index in [1.807, 2.05) is 12.1 Å². The van der Waals surface area contributed by atoms with E-state index in [4.69, 9.17) is 10.5 Å². The summed E-state index contributed by atoms with van der Waals surface area (Å²) < 4.78 is 5.23. The van der Waals surface area contributed by atoms with Crippen molar-refractivity contribution >= 4 is 5.69 Å². The van der Waals surface area contributed by atoms with Gasteiger partial charge in [0.25, 0.3) is 0 Å². The third-order valence-electron chi connectivity index (χ3n) is 5.33. The highest BCUT2D eigenvalue weighted by atomic mass is 16.5. The van der Waals surface area contributed by atoms with Crippen LogP contribution in [0.25, 0.3) is 0 Å². The Bertz CT molecular complexity index is 439. The normalized spacial score (nSPS) is 24.5. The zero-order valence-electron chi connectivity index (χ0n) is 13.1. The largest absolute Gasteiger partial charge is 0.497 e. The number of methoxy groups -OCH3 is 1. The van der Waals surface area contributed by atoms with Gasteiger partial charge in [0.15, 0.2) is 0 Å². The second-order valence-corrected chi connectivity index (χ2v) is 6.74. The van der Waals surface area contributed by atoms with E-state index in [-0.39, 0.29) is 0 Å². The standard InChI is InChI=1S/C18H28N2O/c1-21-17-8-6-16(7-9-17)20-11-10-14(13-20)12-18(19)15-4-2-3-5-15/h6-9,14-15,18H,2-5,10-13,19H2,1H3. The van der Waals surface area contributed by atoms with Crippen molar-refractivity contribution in [2.75, 3.05) is 25.1 Å². The lowest BCUT2D eigenvalue weighted by Gasteiger charge is -2.23. The lowest BCUT2D eigenvalue weighted by molar-refractivity contribution is 0.357. The predicted octanol–water partition coefficient (Wildman–Crippen LogP) is 3.43. The minimum absolute atomic E-state index is 0.424. The first kappa shape index (κ1) is 14.7. The van der Waals surface area contributed by atoms with Crippen molar-refractivity contribution < 1.29 is 4.74 Å².